The molecule has 0 bridgehead atoms. The Balaban J connectivity index is 1.76. The van der Waals surface area contributed by atoms with Crippen LogP contribution in [-0.2, 0) is 26.3 Å². The molecule has 0 atom stereocenters. The summed E-state index contributed by atoms with van der Waals surface area (Å²) >= 11 is 0. The molecule has 0 spiro atoms. The van der Waals surface area contributed by atoms with Crippen molar-refractivity contribution < 1.29 is 27.5 Å². The molecule has 2 aliphatic carbocycles. The van der Waals surface area contributed by atoms with E-state index in [1.807, 2.05) is 35.1 Å². The molecule has 0 unspecified atom stereocenters. The van der Waals surface area contributed by atoms with E-state index in [4.69, 9.17) is 14.6 Å². The summed E-state index contributed by atoms with van der Waals surface area (Å²) in [4.78, 5) is 25.5. The number of aromatic nitrogens is 1. The van der Waals surface area contributed by atoms with Crippen LogP contribution in [0.3, 0.4) is 0 Å². The number of carbonyl (C=O) groups is 2. The zero-order valence-corrected chi connectivity index (χ0v) is 22.5. The van der Waals surface area contributed by atoms with E-state index in [1.165, 1.54) is 19.1 Å². The molecule has 9 nitrogen and oxygen atoms in total. The Bertz CT molecular complexity index is 1480. The fraction of sp³-hybridized carbons (Fsp3) is 0.429. The third-order valence-electron chi connectivity index (χ3n) is 7.91. The molecular weight excluding hydrogens is 506 g/mol. The van der Waals surface area contributed by atoms with Gasteiger partial charge in [0.15, 0.2) is 0 Å². The second kappa shape index (κ2) is 10.1. The number of fused-ring (bicyclic) bond motifs is 1. The van der Waals surface area contributed by atoms with E-state index in [9.17, 15) is 18.0 Å². The number of ether oxygens (including phenoxy) is 2. The van der Waals surface area contributed by atoms with Crippen LogP contribution in [-0.4, -0.2) is 39.1 Å². The van der Waals surface area contributed by atoms with Gasteiger partial charge < -0.3 is 14.0 Å². The molecule has 0 saturated heterocycles. The van der Waals surface area contributed by atoms with Crippen molar-refractivity contribution in [2.45, 2.75) is 57.4 Å². The number of methoxy groups -OCH3 is 2. The number of carbonyl (C=O) groups excluding carboxylic acids is 2. The van der Waals surface area contributed by atoms with Gasteiger partial charge in [-0.1, -0.05) is 25.3 Å². The highest BCUT2D eigenvalue weighted by molar-refractivity contribution is 7.87. The molecule has 0 aliphatic heterocycles. The van der Waals surface area contributed by atoms with E-state index in [1.54, 1.807) is 19.2 Å². The Morgan fingerprint density at radius 3 is 2.32 bits per heavy atom. The molecule has 0 radical (unpaired) electrons. The zero-order valence-electron chi connectivity index (χ0n) is 21.7. The molecule has 1 heterocycles. The van der Waals surface area contributed by atoms with Crippen LogP contribution in [0, 0.1) is 5.41 Å². The van der Waals surface area contributed by atoms with Gasteiger partial charge in [-0.25, -0.2) is 9.86 Å². The van der Waals surface area contributed by atoms with Crippen molar-refractivity contribution in [3.63, 3.8) is 0 Å². The number of benzene rings is 2. The van der Waals surface area contributed by atoms with E-state index in [-0.39, 0.29) is 11.5 Å². The smallest absolute Gasteiger partial charge is 0.313 e. The fourth-order valence-corrected chi connectivity index (χ4v) is 6.21. The fourth-order valence-electron chi connectivity index (χ4n) is 5.83. The summed E-state index contributed by atoms with van der Waals surface area (Å²) in [5.41, 5.74) is 3.50. The van der Waals surface area contributed by atoms with Crippen LogP contribution >= 0.6 is 0 Å². The number of nitrogens with zero attached hydrogens (tertiary/aromatic N) is 1. The van der Waals surface area contributed by atoms with Crippen molar-refractivity contribution in [2.24, 2.45) is 10.6 Å². The summed E-state index contributed by atoms with van der Waals surface area (Å²) in [6.07, 6.45) is 7.02. The molecule has 202 valence electrons. The molecule has 2 aromatic carbocycles. The van der Waals surface area contributed by atoms with Gasteiger partial charge in [-0.05, 0) is 79.1 Å². The highest BCUT2D eigenvalue weighted by atomic mass is 32.2. The number of esters is 1. The molecule has 2 fully saturated rings. The van der Waals surface area contributed by atoms with E-state index in [2.05, 4.69) is 4.57 Å². The minimum Gasteiger partial charge on any atom is -0.497 e. The molecule has 5 rings (SSSR count). The normalized spacial score (nSPS) is 17.2. The van der Waals surface area contributed by atoms with E-state index >= 15 is 0 Å². The van der Waals surface area contributed by atoms with Crippen molar-refractivity contribution in [3.05, 3.63) is 53.6 Å². The minimum absolute atomic E-state index is 0.171. The summed E-state index contributed by atoms with van der Waals surface area (Å²) in [7, 11) is -1.19. The average Bonchev–Trinajstić information content (AvgIpc) is 3.63. The largest absolute Gasteiger partial charge is 0.497 e. The molecule has 3 aromatic rings. The van der Waals surface area contributed by atoms with Crippen LogP contribution in [0.25, 0.3) is 22.2 Å². The molecule has 2 saturated carbocycles. The number of rotatable bonds is 8. The van der Waals surface area contributed by atoms with Crippen LogP contribution < -0.4 is 14.6 Å². The van der Waals surface area contributed by atoms with E-state index in [0.717, 1.165) is 53.6 Å². The van der Waals surface area contributed by atoms with Gasteiger partial charge in [0.25, 0.3) is 16.1 Å². The Morgan fingerprint density at radius 2 is 1.74 bits per heavy atom. The molecule has 2 aliphatic rings. The standard InChI is InChI=1S/C28H33N3O6S/c1-36-21-11-8-19(9-12-21)25-24(18-6-4-3-5-7-18)22-13-10-20(26(32)30-38(29,34)35)16-23(22)31(25)17-28(14-15-28)27(33)37-2/h8-13,16,18H,3-7,14-15,17H2,1-2H3,(H,30,32)(H2,29,34,35). The third kappa shape index (κ3) is 5.02. The maximum Gasteiger partial charge on any atom is 0.313 e. The monoisotopic (exact) mass is 539 g/mol. The van der Waals surface area contributed by atoms with Crippen LogP contribution in [0.2, 0.25) is 0 Å². The summed E-state index contributed by atoms with van der Waals surface area (Å²) in [5, 5.41) is 6.05. The van der Waals surface area contributed by atoms with Gasteiger partial charge in [-0.15, -0.1) is 0 Å². The first-order valence-electron chi connectivity index (χ1n) is 12.9. The highest BCUT2D eigenvalue weighted by Gasteiger charge is 2.52. The molecule has 38 heavy (non-hydrogen) atoms. The maximum atomic E-state index is 12.8. The first-order valence-corrected chi connectivity index (χ1v) is 14.4. The van der Waals surface area contributed by atoms with Crippen LogP contribution in [0.4, 0.5) is 0 Å². The lowest BCUT2D eigenvalue weighted by molar-refractivity contribution is -0.147. The van der Waals surface area contributed by atoms with Crippen LogP contribution in [0.5, 0.6) is 5.75 Å². The van der Waals surface area contributed by atoms with Crippen LogP contribution in [0.15, 0.2) is 42.5 Å². The van der Waals surface area contributed by atoms with Crippen molar-refractivity contribution >= 4 is 33.0 Å². The van der Waals surface area contributed by atoms with Gasteiger partial charge in [0.1, 0.15) is 5.75 Å². The lowest BCUT2D eigenvalue weighted by atomic mass is 9.81. The molecule has 3 N–H and O–H groups in total. The Labute approximate surface area is 222 Å². The Morgan fingerprint density at radius 1 is 1.05 bits per heavy atom. The maximum absolute atomic E-state index is 12.8. The molecule has 10 heteroatoms. The van der Waals surface area contributed by atoms with Gasteiger partial charge in [-0.3, -0.25) is 9.59 Å². The minimum atomic E-state index is -4.22. The van der Waals surface area contributed by atoms with Gasteiger partial charge >= 0.3 is 5.97 Å². The highest BCUT2D eigenvalue weighted by Crippen LogP contribution is 2.51. The summed E-state index contributed by atoms with van der Waals surface area (Å²) < 4.78 is 37.6. The second-order valence-electron chi connectivity index (χ2n) is 10.4. The Hall–Kier alpha value is -3.37. The third-order valence-corrected chi connectivity index (χ3v) is 8.38. The molecule has 1 amide bonds. The van der Waals surface area contributed by atoms with Crippen molar-refractivity contribution in [1.29, 1.82) is 0 Å². The zero-order chi connectivity index (χ0) is 27.1. The van der Waals surface area contributed by atoms with Gasteiger partial charge in [0, 0.05) is 23.0 Å². The first kappa shape index (κ1) is 26.2. The van der Waals surface area contributed by atoms with Crippen molar-refractivity contribution in [1.82, 2.24) is 9.29 Å². The topological polar surface area (TPSA) is 130 Å². The first-order chi connectivity index (χ1) is 18.2. The number of nitrogens with two attached hydrogens (primary N) is 1. The van der Waals surface area contributed by atoms with Crippen LogP contribution in [0.1, 0.15) is 66.8 Å². The predicted octanol–water partition coefficient (Wildman–Crippen LogP) is 4.25. The van der Waals surface area contributed by atoms with Gasteiger partial charge in [-0.2, -0.15) is 8.42 Å². The number of hydrogen-bond acceptors (Lipinski definition) is 6. The molecule has 1 aromatic heterocycles. The SMILES string of the molecule is COC(=O)C1(Cn2c(-c3ccc(OC)cc3)c(C3CCCCC3)c3ccc(C(=O)NS(N)(=O)=O)cc32)CC1. The average molecular weight is 540 g/mol. The lowest BCUT2D eigenvalue weighted by Crippen LogP contribution is -2.35. The Kier molecular flexibility index (Phi) is 6.96. The van der Waals surface area contributed by atoms with E-state index < -0.39 is 21.5 Å². The molecular formula is C28H33N3O6S. The summed E-state index contributed by atoms with van der Waals surface area (Å²) in [6, 6.07) is 13.1. The quantitative estimate of drug-likeness (QED) is 0.412. The van der Waals surface area contributed by atoms with Gasteiger partial charge in [0.2, 0.25) is 0 Å². The van der Waals surface area contributed by atoms with E-state index in [0.29, 0.717) is 25.3 Å². The van der Waals surface area contributed by atoms with Gasteiger partial charge in [0.05, 0.1) is 25.3 Å². The second-order valence-corrected chi connectivity index (χ2v) is 11.7. The lowest BCUT2D eigenvalue weighted by Gasteiger charge is -2.24. The summed E-state index contributed by atoms with van der Waals surface area (Å²) in [6.45, 7) is 0.393. The number of nitrogens with one attached hydrogen (secondary N) is 1. The number of amides is 1. The number of hydrogen-bond donors (Lipinski definition) is 2. The predicted molar refractivity (Wildman–Crippen MR) is 144 cm³/mol. The van der Waals surface area contributed by atoms with Crippen molar-refractivity contribution in [2.75, 3.05) is 14.2 Å². The summed E-state index contributed by atoms with van der Waals surface area (Å²) in [5.74, 6) is 0.0108. The van der Waals surface area contributed by atoms with Crippen molar-refractivity contribution in [3.8, 4) is 17.0 Å².